The largest absolute Gasteiger partial charge is 0.473 e. The predicted molar refractivity (Wildman–Crippen MR) is 97.8 cm³/mol. The molecule has 0 aliphatic carbocycles. The van der Waals surface area contributed by atoms with Gasteiger partial charge in [-0.3, -0.25) is 0 Å². The molecule has 2 aliphatic heterocycles. The Morgan fingerprint density at radius 1 is 0.583 bits per heavy atom. The number of benzene rings is 3. The van der Waals surface area contributed by atoms with Gasteiger partial charge in [-0.1, -0.05) is 66.0 Å². The van der Waals surface area contributed by atoms with E-state index in [-0.39, 0.29) is 10.9 Å². The van der Waals surface area contributed by atoms with Gasteiger partial charge in [-0.2, -0.15) is 0 Å². The minimum Gasteiger partial charge on any atom is -0.473 e. The molecule has 2 heterocycles. The molecule has 118 valence electrons. The molecule has 5 rings (SSSR count). The molecule has 3 aromatic rings. The van der Waals surface area contributed by atoms with E-state index in [0.29, 0.717) is 0 Å². The summed E-state index contributed by atoms with van der Waals surface area (Å²) in [5.41, 5.74) is 2.37. The molecule has 4 heteroatoms. The fourth-order valence-corrected chi connectivity index (χ4v) is 5.03. The molecule has 0 saturated carbocycles. The zero-order chi connectivity index (χ0) is 15.9. The highest BCUT2D eigenvalue weighted by atomic mass is 32.2. The van der Waals surface area contributed by atoms with Crippen molar-refractivity contribution < 1.29 is 9.47 Å². The molecule has 0 bridgehead atoms. The van der Waals surface area contributed by atoms with E-state index in [2.05, 4.69) is 36.4 Å². The van der Waals surface area contributed by atoms with E-state index in [1.165, 1.54) is 20.9 Å². The Hall–Kier alpha value is -2.04. The molecule has 3 aromatic carbocycles. The van der Waals surface area contributed by atoms with Crippen LogP contribution < -0.4 is 9.47 Å². The van der Waals surface area contributed by atoms with Gasteiger partial charge in [0.2, 0.25) is 0 Å². The first-order chi connectivity index (χ1) is 11.9. The third kappa shape index (κ3) is 2.46. The van der Waals surface area contributed by atoms with Gasteiger partial charge in [0.1, 0.15) is 11.5 Å². The summed E-state index contributed by atoms with van der Waals surface area (Å²) >= 11 is 3.52. The van der Waals surface area contributed by atoms with Gasteiger partial charge in [-0.25, -0.2) is 0 Å². The van der Waals surface area contributed by atoms with Crippen molar-refractivity contribution in [2.24, 2.45) is 0 Å². The van der Waals surface area contributed by atoms with Crippen LogP contribution in [0.2, 0.25) is 0 Å². The van der Waals surface area contributed by atoms with Crippen LogP contribution >= 0.6 is 23.5 Å². The Morgan fingerprint density at radius 3 is 1.58 bits per heavy atom. The summed E-state index contributed by atoms with van der Waals surface area (Å²) < 4.78 is 12.2. The van der Waals surface area contributed by atoms with Gasteiger partial charge < -0.3 is 9.47 Å². The zero-order valence-electron chi connectivity index (χ0n) is 12.7. The van der Waals surface area contributed by atoms with Gasteiger partial charge in [-0.15, -0.1) is 0 Å². The lowest BCUT2D eigenvalue weighted by Gasteiger charge is -2.14. The average molecular weight is 350 g/mol. The minimum absolute atomic E-state index is 0.0103. The first kappa shape index (κ1) is 14.3. The fraction of sp³-hybridized carbons (Fsp3) is 0.100. The second-order valence-corrected chi connectivity index (χ2v) is 7.91. The minimum atomic E-state index is 0.0103. The normalized spacial score (nSPS) is 20.8. The van der Waals surface area contributed by atoms with E-state index in [1.807, 2.05) is 36.4 Å². The van der Waals surface area contributed by atoms with Gasteiger partial charge in [0.15, 0.2) is 10.9 Å². The lowest BCUT2D eigenvalue weighted by Crippen LogP contribution is -2.02. The van der Waals surface area contributed by atoms with Crippen molar-refractivity contribution in [3.05, 3.63) is 83.9 Å². The molecule has 24 heavy (non-hydrogen) atoms. The maximum absolute atomic E-state index is 6.09. The SMILES string of the molecule is c1cc(C2Oc3ccccc3S2)cc(C2Oc3ccccc3S2)c1. The Morgan fingerprint density at radius 2 is 1.08 bits per heavy atom. The van der Waals surface area contributed by atoms with Crippen LogP contribution in [-0.4, -0.2) is 0 Å². The summed E-state index contributed by atoms with van der Waals surface area (Å²) in [6, 6.07) is 24.9. The van der Waals surface area contributed by atoms with Gasteiger partial charge in [0.25, 0.3) is 0 Å². The first-order valence-electron chi connectivity index (χ1n) is 7.81. The van der Waals surface area contributed by atoms with Crippen molar-refractivity contribution in [3.8, 4) is 11.5 Å². The molecule has 2 aliphatic rings. The number of fused-ring (bicyclic) bond motifs is 2. The molecular formula is C20H14O2S2. The maximum Gasteiger partial charge on any atom is 0.174 e. The number of thioether (sulfide) groups is 2. The van der Waals surface area contributed by atoms with Crippen molar-refractivity contribution in [2.45, 2.75) is 20.7 Å². The van der Waals surface area contributed by atoms with Crippen LogP contribution in [0.15, 0.2) is 82.6 Å². The van der Waals surface area contributed by atoms with E-state index >= 15 is 0 Å². The third-order valence-corrected chi connectivity index (χ3v) is 6.44. The molecule has 2 atom stereocenters. The quantitative estimate of drug-likeness (QED) is 0.559. The maximum atomic E-state index is 6.09. The number of ether oxygens (including phenoxy) is 2. The van der Waals surface area contributed by atoms with E-state index in [1.54, 1.807) is 23.5 Å². The van der Waals surface area contributed by atoms with Crippen molar-refractivity contribution in [2.75, 3.05) is 0 Å². The average Bonchev–Trinajstić information content (AvgIpc) is 3.26. The summed E-state index contributed by atoms with van der Waals surface area (Å²) in [6.07, 6.45) is 0. The Balaban J connectivity index is 1.40. The van der Waals surface area contributed by atoms with Crippen molar-refractivity contribution >= 4 is 23.5 Å². The van der Waals surface area contributed by atoms with Crippen molar-refractivity contribution in [1.29, 1.82) is 0 Å². The van der Waals surface area contributed by atoms with Crippen LogP contribution in [0, 0.1) is 0 Å². The topological polar surface area (TPSA) is 18.5 Å². The number of hydrogen-bond acceptors (Lipinski definition) is 4. The van der Waals surface area contributed by atoms with E-state index in [9.17, 15) is 0 Å². The summed E-state index contributed by atoms with van der Waals surface area (Å²) in [5.74, 6) is 1.94. The van der Waals surface area contributed by atoms with Crippen LogP contribution in [0.1, 0.15) is 22.0 Å². The van der Waals surface area contributed by atoms with Crippen LogP contribution in [0.5, 0.6) is 11.5 Å². The zero-order valence-corrected chi connectivity index (χ0v) is 14.3. The van der Waals surface area contributed by atoms with Crippen molar-refractivity contribution in [3.63, 3.8) is 0 Å². The van der Waals surface area contributed by atoms with Crippen LogP contribution in [0.4, 0.5) is 0 Å². The van der Waals surface area contributed by atoms with Crippen LogP contribution in [-0.2, 0) is 0 Å². The molecule has 2 unspecified atom stereocenters. The summed E-state index contributed by atoms with van der Waals surface area (Å²) in [5, 5.41) is 0. The highest BCUT2D eigenvalue weighted by Crippen LogP contribution is 2.51. The van der Waals surface area contributed by atoms with Gasteiger partial charge >= 0.3 is 0 Å². The summed E-state index contributed by atoms with van der Waals surface area (Å²) in [4.78, 5) is 2.40. The Labute approximate surface area is 149 Å². The molecule has 0 saturated heterocycles. The standard InChI is InChI=1S/C20H14O2S2/c1-3-10-17-15(8-1)21-19(23-17)13-6-5-7-14(12-13)20-22-16-9-2-4-11-18(16)24-20/h1-12,19-20H. The molecule has 0 spiro atoms. The second kappa shape index (κ2) is 5.80. The van der Waals surface area contributed by atoms with Crippen molar-refractivity contribution in [1.82, 2.24) is 0 Å². The highest BCUT2D eigenvalue weighted by Gasteiger charge is 2.28. The van der Waals surface area contributed by atoms with E-state index in [0.717, 1.165) is 11.5 Å². The van der Waals surface area contributed by atoms with E-state index < -0.39 is 0 Å². The smallest absolute Gasteiger partial charge is 0.174 e. The molecule has 0 radical (unpaired) electrons. The number of rotatable bonds is 2. The number of para-hydroxylation sites is 2. The van der Waals surface area contributed by atoms with Gasteiger partial charge in [0.05, 0.1) is 9.79 Å². The fourth-order valence-electron chi connectivity index (χ4n) is 2.92. The highest BCUT2D eigenvalue weighted by molar-refractivity contribution is 8.00. The monoisotopic (exact) mass is 350 g/mol. The lowest BCUT2D eigenvalue weighted by atomic mass is 10.1. The molecule has 2 nitrogen and oxygen atoms in total. The van der Waals surface area contributed by atoms with Gasteiger partial charge in [0, 0.05) is 11.1 Å². The molecule has 0 N–H and O–H groups in total. The van der Waals surface area contributed by atoms with E-state index in [4.69, 9.17) is 9.47 Å². The second-order valence-electron chi connectivity index (χ2n) is 5.70. The predicted octanol–water partition coefficient (Wildman–Crippen LogP) is 6.05. The molecule has 0 amide bonds. The molecule has 0 aromatic heterocycles. The van der Waals surface area contributed by atoms with Gasteiger partial charge in [-0.05, 0) is 30.3 Å². The summed E-state index contributed by atoms with van der Waals surface area (Å²) in [6.45, 7) is 0. The molecular weight excluding hydrogens is 336 g/mol. The first-order valence-corrected chi connectivity index (χ1v) is 9.57. The Bertz CT molecular complexity index is 789. The van der Waals surface area contributed by atoms with Crippen LogP contribution in [0.3, 0.4) is 0 Å². The molecule has 0 fully saturated rings. The lowest BCUT2D eigenvalue weighted by molar-refractivity contribution is 0.296. The van der Waals surface area contributed by atoms with Crippen LogP contribution in [0.25, 0.3) is 0 Å². The summed E-state index contributed by atoms with van der Waals surface area (Å²) in [7, 11) is 0. The number of hydrogen-bond donors (Lipinski definition) is 0. The Kier molecular flexibility index (Phi) is 3.46. The third-order valence-electron chi connectivity index (χ3n) is 4.09.